The lowest BCUT2D eigenvalue weighted by atomic mass is 10.2. The minimum absolute atomic E-state index is 0.627. The monoisotopic (exact) mass is 175 g/mol. The van der Waals surface area contributed by atoms with E-state index in [4.69, 9.17) is 10.5 Å². The number of anilines is 1. The first kappa shape index (κ1) is 7.79. The zero-order valence-corrected chi connectivity index (χ0v) is 7.19. The van der Waals surface area contributed by atoms with Crippen molar-refractivity contribution in [3.05, 3.63) is 24.5 Å². The quantitative estimate of drug-likeness (QED) is 0.707. The number of nitrogens with two attached hydrogens (primary N) is 1. The molecule has 0 aromatic carbocycles. The van der Waals surface area contributed by atoms with Crippen LogP contribution in [0.3, 0.4) is 0 Å². The number of aromatic nitrogens is 2. The lowest BCUT2D eigenvalue weighted by Crippen LogP contribution is -1.90. The molecule has 0 unspecified atom stereocenters. The summed E-state index contributed by atoms with van der Waals surface area (Å²) in [6, 6.07) is 3.67. The number of nitrogens with zero attached hydrogens (tertiary/aromatic N) is 2. The first-order valence-corrected chi connectivity index (χ1v) is 3.85. The third-order valence-corrected chi connectivity index (χ3v) is 1.76. The smallest absolute Gasteiger partial charge is 0.159 e. The molecule has 0 bridgehead atoms. The van der Waals surface area contributed by atoms with E-state index in [1.165, 1.54) is 0 Å². The molecule has 0 spiro atoms. The summed E-state index contributed by atoms with van der Waals surface area (Å²) in [7, 11) is 1.60. The average molecular weight is 175 g/mol. The second kappa shape index (κ2) is 2.90. The van der Waals surface area contributed by atoms with Crippen LogP contribution < -0.4 is 10.5 Å². The Kier molecular flexibility index (Phi) is 1.73. The van der Waals surface area contributed by atoms with Gasteiger partial charge in [0.1, 0.15) is 5.75 Å². The highest BCUT2D eigenvalue weighted by Crippen LogP contribution is 2.17. The number of methoxy groups -OCH3 is 1. The molecule has 0 aliphatic carbocycles. The van der Waals surface area contributed by atoms with Crippen LogP contribution in [0, 0.1) is 0 Å². The van der Waals surface area contributed by atoms with Gasteiger partial charge in [0.2, 0.25) is 0 Å². The molecule has 0 amide bonds. The second-order valence-electron chi connectivity index (χ2n) is 2.69. The predicted octanol–water partition coefficient (Wildman–Crippen LogP) is 1.22. The van der Waals surface area contributed by atoms with E-state index in [2.05, 4.69) is 9.97 Å². The summed E-state index contributed by atoms with van der Waals surface area (Å²) in [5.41, 5.74) is 6.89. The summed E-state index contributed by atoms with van der Waals surface area (Å²) in [6.45, 7) is 0. The fourth-order valence-corrected chi connectivity index (χ4v) is 1.13. The summed E-state index contributed by atoms with van der Waals surface area (Å²) in [5, 5.41) is 0.888. The topological polar surface area (TPSA) is 61.0 Å². The molecule has 0 aliphatic rings. The molecule has 0 radical (unpaired) electrons. The maximum absolute atomic E-state index is 5.58. The number of hydrogen-bond acceptors (Lipinski definition) is 4. The molecule has 66 valence electrons. The summed E-state index contributed by atoms with van der Waals surface area (Å²) in [6.07, 6.45) is 3.22. The number of rotatable bonds is 1. The third-order valence-electron chi connectivity index (χ3n) is 1.76. The summed E-state index contributed by atoms with van der Waals surface area (Å²) >= 11 is 0. The van der Waals surface area contributed by atoms with Crippen molar-refractivity contribution >= 4 is 16.7 Å². The molecule has 2 aromatic rings. The molecule has 4 nitrogen and oxygen atoms in total. The van der Waals surface area contributed by atoms with Crippen molar-refractivity contribution in [3.8, 4) is 5.75 Å². The molecule has 0 saturated carbocycles. The van der Waals surface area contributed by atoms with Crippen LogP contribution in [0.5, 0.6) is 5.75 Å². The summed E-state index contributed by atoms with van der Waals surface area (Å²) in [4.78, 5) is 8.17. The number of hydrogen-bond donors (Lipinski definition) is 1. The van der Waals surface area contributed by atoms with E-state index in [0.717, 1.165) is 5.39 Å². The van der Waals surface area contributed by atoms with Crippen molar-refractivity contribution < 1.29 is 4.74 Å². The minimum Gasteiger partial charge on any atom is -0.495 e. The van der Waals surface area contributed by atoms with Gasteiger partial charge < -0.3 is 10.5 Å². The van der Waals surface area contributed by atoms with E-state index in [1.807, 2.05) is 12.1 Å². The van der Waals surface area contributed by atoms with E-state index in [0.29, 0.717) is 17.1 Å². The molecule has 13 heavy (non-hydrogen) atoms. The van der Waals surface area contributed by atoms with Crippen molar-refractivity contribution in [2.45, 2.75) is 0 Å². The third kappa shape index (κ3) is 1.38. The lowest BCUT2D eigenvalue weighted by molar-refractivity contribution is 0.413. The number of fused-ring (bicyclic) bond motifs is 1. The Bertz CT molecular complexity index is 442. The van der Waals surface area contributed by atoms with Gasteiger partial charge in [-0.3, -0.25) is 0 Å². The van der Waals surface area contributed by atoms with Crippen LogP contribution >= 0.6 is 0 Å². The Balaban J connectivity index is 2.68. The van der Waals surface area contributed by atoms with Gasteiger partial charge in [-0.1, -0.05) is 0 Å². The zero-order valence-electron chi connectivity index (χ0n) is 7.19. The van der Waals surface area contributed by atoms with Crippen LogP contribution in [0.25, 0.3) is 11.0 Å². The normalized spacial score (nSPS) is 10.2. The highest BCUT2D eigenvalue weighted by Gasteiger charge is 1.98. The molecule has 0 atom stereocenters. The Labute approximate surface area is 75.4 Å². The lowest BCUT2D eigenvalue weighted by Gasteiger charge is -2.01. The van der Waals surface area contributed by atoms with Gasteiger partial charge in [0.15, 0.2) is 5.65 Å². The van der Waals surface area contributed by atoms with E-state index in [1.54, 1.807) is 19.5 Å². The van der Waals surface area contributed by atoms with Crippen molar-refractivity contribution in [2.24, 2.45) is 0 Å². The van der Waals surface area contributed by atoms with Crippen LogP contribution in [-0.4, -0.2) is 17.1 Å². The van der Waals surface area contributed by atoms with Gasteiger partial charge in [0.05, 0.1) is 25.2 Å². The Morgan fingerprint density at radius 1 is 1.23 bits per heavy atom. The summed E-state index contributed by atoms with van der Waals surface area (Å²) < 4.78 is 5.03. The Morgan fingerprint density at radius 2 is 2.00 bits per heavy atom. The van der Waals surface area contributed by atoms with Gasteiger partial charge in [0, 0.05) is 5.39 Å². The molecule has 4 heteroatoms. The fraction of sp³-hybridized carbons (Fsp3) is 0.111. The first-order valence-electron chi connectivity index (χ1n) is 3.85. The minimum atomic E-state index is 0.627. The van der Waals surface area contributed by atoms with Crippen LogP contribution in [-0.2, 0) is 0 Å². The fourth-order valence-electron chi connectivity index (χ4n) is 1.13. The van der Waals surface area contributed by atoms with Gasteiger partial charge in [-0.25, -0.2) is 9.97 Å². The van der Waals surface area contributed by atoms with Crippen LogP contribution in [0.15, 0.2) is 24.5 Å². The number of ether oxygens (including phenoxy) is 1. The molecule has 0 fully saturated rings. The van der Waals surface area contributed by atoms with E-state index >= 15 is 0 Å². The van der Waals surface area contributed by atoms with Crippen LogP contribution in [0.2, 0.25) is 0 Å². The Hall–Kier alpha value is -1.84. The van der Waals surface area contributed by atoms with Crippen molar-refractivity contribution in [3.63, 3.8) is 0 Å². The van der Waals surface area contributed by atoms with Crippen molar-refractivity contribution in [2.75, 3.05) is 12.8 Å². The van der Waals surface area contributed by atoms with E-state index in [-0.39, 0.29) is 0 Å². The second-order valence-corrected chi connectivity index (χ2v) is 2.69. The molecule has 2 heterocycles. The highest BCUT2D eigenvalue weighted by molar-refractivity contribution is 5.78. The van der Waals surface area contributed by atoms with Gasteiger partial charge in [-0.15, -0.1) is 0 Å². The van der Waals surface area contributed by atoms with E-state index in [9.17, 15) is 0 Å². The molecule has 2 aromatic heterocycles. The Morgan fingerprint density at radius 3 is 2.77 bits per heavy atom. The van der Waals surface area contributed by atoms with Crippen molar-refractivity contribution in [1.29, 1.82) is 0 Å². The standard InChI is InChI=1S/C9H9N3O/c1-13-8-3-6-2-7(10)4-11-9(6)12-5-8/h2-5H,10H2,1H3. The predicted molar refractivity (Wildman–Crippen MR) is 50.5 cm³/mol. The van der Waals surface area contributed by atoms with Crippen molar-refractivity contribution in [1.82, 2.24) is 9.97 Å². The molecule has 2 N–H and O–H groups in total. The molecular formula is C9H9N3O. The number of nitrogen functional groups attached to an aromatic ring is 1. The first-order chi connectivity index (χ1) is 6.29. The number of pyridine rings is 2. The molecular weight excluding hydrogens is 166 g/mol. The SMILES string of the molecule is COc1cnc2ncc(N)cc2c1. The van der Waals surface area contributed by atoms with Gasteiger partial charge in [-0.05, 0) is 12.1 Å². The average Bonchev–Trinajstić information content (AvgIpc) is 2.16. The van der Waals surface area contributed by atoms with Crippen LogP contribution in [0.1, 0.15) is 0 Å². The van der Waals surface area contributed by atoms with Crippen LogP contribution in [0.4, 0.5) is 5.69 Å². The molecule has 0 saturated heterocycles. The maximum atomic E-state index is 5.58. The summed E-state index contributed by atoms with van der Waals surface area (Å²) in [5.74, 6) is 0.708. The zero-order chi connectivity index (χ0) is 9.26. The van der Waals surface area contributed by atoms with Gasteiger partial charge in [0.25, 0.3) is 0 Å². The van der Waals surface area contributed by atoms with Gasteiger partial charge in [-0.2, -0.15) is 0 Å². The van der Waals surface area contributed by atoms with Gasteiger partial charge >= 0.3 is 0 Å². The highest BCUT2D eigenvalue weighted by atomic mass is 16.5. The van der Waals surface area contributed by atoms with E-state index < -0.39 is 0 Å². The maximum Gasteiger partial charge on any atom is 0.159 e. The molecule has 2 rings (SSSR count). The molecule has 0 aliphatic heterocycles. The largest absolute Gasteiger partial charge is 0.495 e.